The molecule has 0 atom stereocenters. The molecule has 2 rings (SSSR count). The van der Waals surface area contributed by atoms with E-state index >= 15 is 0 Å². The van der Waals surface area contributed by atoms with E-state index in [0.717, 1.165) is 5.69 Å². The summed E-state index contributed by atoms with van der Waals surface area (Å²) in [4.78, 5) is 0. The number of benzene rings is 2. The highest BCUT2D eigenvalue weighted by molar-refractivity contribution is 6.33. The largest absolute Gasteiger partial charge is 0.352 e. The Morgan fingerprint density at radius 2 is 1.72 bits per heavy atom. The van der Waals surface area contributed by atoms with Crippen molar-refractivity contribution in [2.75, 3.05) is 5.32 Å². The zero-order valence-electron chi connectivity index (χ0n) is 10.4. The average Bonchev–Trinajstić information content (AvgIpc) is 2.34. The topological polar surface area (TPSA) is 12.0 Å². The van der Waals surface area contributed by atoms with Gasteiger partial charge in [0.1, 0.15) is 5.82 Å². The van der Waals surface area contributed by atoms with Crippen LogP contribution in [-0.4, -0.2) is 0 Å². The van der Waals surface area contributed by atoms with E-state index in [1.807, 2.05) is 24.3 Å². The predicted octanol–water partition coefficient (Wildman–Crippen LogP) is 5.35. The van der Waals surface area contributed by atoms with Gasteiger partial charge in [0.15, 0.2) is 0 Å². The van der Waals surface area contributed by atoms with Crippen LogP contribution in [-0.2, 0) is 0 Å². The van der Waals surface area contributed by atoms with Crippen molar-refractivity contribution < 1.29 is 4.39 Å². The molecule has 0 aliphatic heterocycles. The Hall–Kier alpha value is -1.54. The van der Waals surface area contributed by atoms with Crippen molar-refractivity contribution in [2.24, 2.45) is 0 Å². The van der Waals surface area contributed by atoms with Crippen molar-refractivity contribution in [1.29, 1.82) is 0 Å². The summed E-state index contributed by atoms with van der Waals surface area (Å²) in [5, 5.41) is 3.38. The van der Waals surface area contributed by atoms with Crippen molar-refractivity contribution >= 4 is 23.0 Å². The fraction of sp³-hybridized carbons (Fsp3) is 0.200. The molecule has 0 amide bonds. The summed E-state index contributed by atoms with van der Waals surface area (Å²) >= 11 is 5.96. The maximum absolute atomic E-state index is 13.6. The van der Waals surface area contributed by atoms with E-state index in [1.165, 1.54) is 11.6 Å². The molecule has 0 heterocycles. The molecular weight excluding hydrogens is 249 g/mol. The van der Waals surface area contributed by atoms with Gasteiger partial charge >= 0.3 is 0 Å². The minimum atomic E-state index is -0.351. The molecule has 0 radical (unpaired) electrons. The number of para-hydroxylation sites is 1. The first-order chi connectivity index (χ1) is 8.58. The van der Waals surface area contributed by atoms with Crippen molar-refractivity contribution in [2.45, 2.75) is 19.8 Å². The number of hydrogen-bond donors (Lipinski definition) is 1. The molecule has 0 aliphatic carbocycles. The number of anilines is 2. The van der Waals surface area contributed by atoms with Crippen LogP contribution in [0.5, 0.6) is 0 Å². The predicted molar refractivity (Wildman–Crippen MR) is 75.2 cm³/mol. The standard InChI is InChI=1S/C15H15ClFN/c1-10(2)11-6-8-12(9-7-11)18-15-13(16)4-3-5-14(15)17/h3-10,18H,1-2H3. The molecule has 2 aromatic rings. The molecule has 3 heteroatoms. The maximum Gasteiger partial charge on any atom is 0.148 e. The van der Waals surface area contributed by atoms with Gasteiger partial charge in [-0.2, -0.15) is 0 Å². The van der Waals surface area contributed by atoms with Crippen LogP contribution in [0.2, 0.25) is 5.02 Å². The highest BCUT2D eigenvalue weighted by Gasteiger charge is 2.07. The average molecular weight is 264 g/mol. The van der Waals surface area contributed by atoms with Gasteiger partial charge in [-0.25, -0.2) is 4.39 Å². The zero-order valence-corrected chi connectivity index (χ0v) is 11.1. The monoisotopic (exact) mass is 263 g/mol. The smallest absolute Gasteiger partial charge is 0.148 e. The quantitative estimate of drug-likeness (QED) is 0.787. The molecule has 1 nitrogen and oxygen atoms in total. The second-order valence-corrected chi connectivity index (χ2v) is 4.91. The van der Waals surface area contributed by atoms with Gasteiger partial charge in [-0.05, 0) is 35.7 Å². The summed E-state index contributed by atoms with van der Waals surface area (Å²) in [5.41, 5.74) is 2.39. The van der Waals surface area contributed by atoms with Crippen molar-refractivity contribution in [1.82, 2.24) is 0 Å². The molecule has 0 fully saturated rings. The minimum absolute atomic E-state index is 0.316. The molecular formula is C15H15ClFN. The molecule has 0 saturated heterocycles. The summed E-state index contributed by atoms with van der Waals surface area (Å²) < 4.78 is 13.6. The van der Waals surface area contributed by atoms with E-state index in [-0.39, 0.29) is 5.82 Å². The Morgan fingerprint density at radius 3 is 2.28 bits per heavy atom. The molecule has 18 heavy (non-hydrogen) atoms. The van der Waals surface area contributed by atoms with Crippen LogP contribution >= 0.6 is 11.6 Å². The molecule has 2 aromatic carbocycles. The Morgan fingerprint density at radius 1 is 1.06 bits per heavy atom. The van der Waals surface area contributed by atoms with Crippen LogP contribution in [0.1, 0.15) is 25.3 Å². The lowest BCUT2D eigenvalue weighted by Gasteiger charge is -2.11. The first-order valence-electron chi connectivity index (χ1n) is 5.89. The van der Waals surface area contributed by atoms with Gasteiger partial charge in [0.25, 0.3) is 0 Å². The number of halogens is 2. The molecule has 94 valence electrons. The highest BCUT2D eigenvalue weighted by Crippen LogP contribution is 2.28. The lowest BCUT2D eigenvalue weighted by molar-refractivity contribution is 0.632. The van der Waals surface area contributed by atoms with Crippen LogP contribution in [0.25, 0.3) is 0 Å². The van der Waals surface area contributed by atoms with Crippen LogP contribution < -0.4 is 5.32 Å². The van der Waals surface area contributed by atoms with E-state index < -0.39 is 0 Å². The minimum Gasteiger partial charge on any atom is -0.352 e. The summed E-state index contributed by atoms with van der Waals surface area (Å²) in [6, 6.07) is 12.6. The summed E-state index contributed by atoms with van der Waals surface area (Å²) in [5.74, 6) is 0.131. The fourth-order valence-corrected chi connectivity index (χ4v) is 1.92. The van der Waals surface area contributed by atoms with E-state index in [9.17, 15) is 4.39 Å². The van der Waals surface area contributed by atoms with Gasteiger partial charge in [-0.3, -0.25) is 0 Å². The number of nitrogens with one attached hydrogen (secondary N) is 1. The van der Waals surface area contributed by atoms with Crippen LogP contribution in [0.15, 0.2) is 42.5 Å². The third-order valence-electron chi connectivity index (χ3n) is 2.81. The molecule has 0 spiro atoms. The van der Waals surface area contributed by atoms with E-state index in [1.54, 1.807) is 12.1 Å². The fourth-order valence-electron chi connectivity index (χ4n) is 1.71. The molecule has 0 aliphatic rings. The summed E-state index contributed by atoms with van der Waals surface area (Å²) in [7, 11) is 0. The second-order valence-electron chi connectivity index (χ2n) is 4.50. The Labute approximate surface area is 112 Å². The van der Waals surface area contributed by atoms with Gasteiger partial charge in [-0.15, -0.1) is 0 Å². The molecule has 0 bridgehead atoms. The number of hydrogen-bond acceptors (Lipinski definition) is 1. The van der Waals surface area contributed by atoms with Gasteiger partial charge in [0.05, 0.1) is 10.7 Å². The molecule has 1 N–H and O–H groups in total. The van der Waals surface area contributed by atoms with Gasteiger partial charge in [-0.1, -0.05) is 43.6 Å². The van der Waals surface area contributed by atoms with Crippen LogP contribution in [0.3, 0.4) is 0 Å². The zero-order chi connectivity index (χ0) is 13.1. The highest BCUT2D eigenvalue weighted by atomic mass is 35.5. The van der Waals surface area contributed by atoms with E-state index in [4.69, 9.17) is 11.6 Å². The number of rotatable bonds is 3. The lowest BCUT2D eigenvalue weighted by atomic mass is 10.0. The summed E-state index contributed by atoms with van der Waals surface area (Å²) in [6.45, 7) is 4.27. The first kappa shape index (κ1) is 12.9. The lowest BCUT2D eigenvalue weighted by Crippen LogP contribution is -1.95. The van der Waals surface area contributed by atoms with Crippen LogP contribution in [0, 0.1) is 5.82 Å². The van der Waals surface area contributed by atoms with E-state index in [2.05, 4.69) is 19.2 Å². The normalized spacial score (nSPS) is 10.7. The molecule has 0 saturated carbocycles. The van der Waals surface area contributed by atoms with Crippen molar-refractivity contribution in [3.63, 3.8) is 0 Å². The Bertz CT molecular complexity index is 514. The Kier molecular flexibility index (Phi) is 3.87. The van der Waals surface area contributed by atoms with E-state index in [0.29, 0.717) is 16.6 Å². The second kappa shape index (κ2) is 5.40. The third kappa shape index (κ3) is 2.82. The SMILES string of the molecule is CC(C)c1ccc(Nc2c(F)cccc2Cl)cc1. The van der Waals surface area contributed by atoms with Gasteiger partial charge in [0.2, 0.25) is 0 Å². The van der Waals surface area contributed by atoms with Crippen molar-refractivity contribution in [3.05, 3.63) is 58.9 Å². The Balaban J connectivity index is 2.24. The first-order valence-corrected chi connectivity index (χ1v) is 6.26. The van der Waals surface area contributed by atoms with Gasteiger partial charge < -0.3 is 5.32 Å². The van der Waals surface area contributed by atoms with Crippen LogP contribution in [0.4, 0.5) is 15.8 Å². The van der Waals surface area contributed by atoms with Crippen molar-refractivity contribution in [3.8, 4) is 0 Å². The molecule has 0 unspecified atom stereocenters. The third-order valence-corrected chi connectivity index (χ3v) is 3.12. The molecule has 0 aromatic heterocycles. The maximum atomic E-state index is 13.6. The van der Waals surface area contributed by atoms with Gasteiger partial charge in [0, 0.05) is 5.69 Å². The summed E-state index contributed by atoms with van der Waals surface area (Å²) in [6.07, 6.45) is 0.